The molecule has 2 heterocycles. The Balaban J connectivity index is 2.15. The fourth-order valence-corrected chi connectivity index (χ4v) is 2.31. The average Bonchev–Trinajstić information content (AvgIpc) is 2.42. The molecule has 7 heteroatoms. The largest absolute Gasteiger partial charge is 0.466 e. The predicted octanol–water partition coefficient (Wildman–Crippen LogP) is 0.253. The van der Waals surface area contributed by atoms with Crippen molar-refractivity contribution in [2.24, 2.45) is 5.92 Å². The molecule has 19 heavy (non-hydrogen) atoms. The highest BCUT2D eigenvalue weighted by molar-refractivity contribution is 5.73. The molecule has 0 aromatic carbocycles. The van der Waals surface area contributed by atoms with Gasteiger partial charge in [0, 0.05) is 13.1 Å². The van der Waals surface area contributed by atoms with Crippen LogP contribution in [0, 0.1) is 12.8 Å². The van der Waals surface area contributed by atoms with Crippen molar-refractivity contribution in [3.8, 4) is 0 Å². The summed E-state index contributed by atoms with van der Waals surface area (Å²) >= 11 is 0. The summed E-state index contributed by atoms with van der Waals surface area (Å²) in [6, 6.07) is 0. The number of aromatic nitrogens is 3. The van der Waals surface area contributed by atoms with Gasteiger partial charge in [-0.25, -0.2) is 9.89 Å². The van der Waals surface area contributed by atoms with E-state index in [1.54, 1.807) is 13.8 Å². The van der Waals surface area contributed by atoms with Crippen molar-refractivity contribution >= 4 is 11.8 Å². The SMILES string of the molecule is CCOC(=O)C1CCCN(c2nc(=O)[nH]nc2C)C1. The van der Waals surface area contributed by atoms with Gasteiger partial charge in [-0.05, 0) is 26.7 Å². The van der Waals surface area contributed by atoms with E-state index in [2.05, 4.69) is 15.2 Å². The van der Waals surface area contributed by atoms with Crippen molar-refractivity contribution in [1.29, 1.82) is 0 Å². The van der Waals surface area contributed by atoms with Crippen LogP contribution in [0.3, 0.4) is 0 Å². The Morgan fingerprint density at radius 1 is 1.58 bits per heavy atom. The molecule has 1 aliphatic heterocycles. The van der Waals surface area contributed by atoms with Gasteiger partial charge < -0.3 is 9.64 Å². The van der Waals surface area contributed by atoms with E-state index in [0.29, 0.717) is 24.7 Å². The second-order valence-corrected chi connectivity index (χ2v) is 4.59. The van der Waals surface area contributed by atoms with E-state index in [1.165, 1.54) is 0 Å². The molecule has 0 aliphatic carbocycles. The van der Waals surface area contributed by atoms with E-state index in [4.69, 9.17) is 4.74 Å². The fourth-order valence-electron chi connectivity index (χ4n) is 2.31. The van der Waals surface area contributed by atoms with E-state index in [0.717, 1.165) is 19.4 Å². The smallest absolute Gasteiger partial charge is 0.363 e. The molecule has 1 aromatic heterocycles. The first-order valence-electron chi connectivity index (χ1n) is 6.46. The summed E-state index contributed by atoms with van der Waals surface area (Å²) in [5.41, 5.74) is 0.183. The zero-order valence-corrected chi connectivity index (χ0v) is 11.2. The van der Waals surface area contributed by atoms with Gasteiger partial charge in [0.05, 0.1) is 12.5 Å². The predicted molar refractivity (Wildman–Crippen MR) is 69.0 cm³/mol. The van der Waals surface area contributed by atoms with E-state index >= 15 is 0 Å². The number of carbonyl (C=O) groups is 1. The van der Waals surface area contributed by atoms with Crippen molar-refractivity contribution in [3.05, 3.63) is 16.2 Å². The summed E-state index contributed by atoms with van der Waals surface area (Å²) < 4.78 is 5.05. The zero-order valence-electron chi connectivity index (χ0n) is 11.2. The number of ether oxygens (including phenoxy) is 1. The van der Waals surface area contributed by atoms with Crippen LogP contribution in [0.25, 0.3) is 0 Å². The number of nitrogens with zero attached hydrogens (tertiary/aromatic N) is 3. The van der Waals surface area contributed by atoms with E-state index < -0.39 is 5.69 Å². The van der Waals surface area contributed by atoms with Crippen molar-refractivity contribution < 1.29 is 9.53 Å². The summed E-state index contributed by atoms with van der Waals surface area (Å²) in [6.45, 7) is 5.27. The second-order valence-electron chi connectivity index (χ2n) is 4.59. The van der Waals surface area contributed by atoms with Crippen LogP contribution in [0.15, 0.2) is 4.79 Å². The number of piperidine rings is 1. The number of carbonyl (C=O) groups excluding carboxylic acids is 1. The van der Waals surface area contributed by atoms with E-state index in [-0.39, 0.29) is 11.9 Å². The number of rotatable bonds is 3. The molecule has 0 bridgehead atoms. The molecule has 2 rings (SSSR count). The molecule has 1 atom stereocenters. The van der Waals surface area contributed by atoms with Crippen LogP contribution < -0.4 is 10.6 Å². The Morgan fingerprint density at radius 2 is 2.37 bits per heavy atom. The van der Waals surface area contributed by atoms with Gasteiger partial charge in [-0.3, -0.25) is 4.79 Å². The molecular formula is C12H18N4O3. The molecule has 0 radical (unpaired) electrons. The highest BCUT2D eigenvalue weighted by atomic mass is 16.5. The monoisotopic (exact) mass is 266 g/mol. The quantitative estimate of drug-likeness (QED) is 0.789. The third kappa shape index (κ3) is 3.10. The highest BCUT2D eigenvalue weighted by Gasteiger charge is 2.28. The van der Waals surface area contributed by atoms with Crippen molar-refractivity contribution in [1.82, 2.24) is 15.2 Å². The first kappa shape index (κ1) is 13.5. The standard InChI is InChI=1S/C12H18N4O3/c1-3-19-11(17)9-5-4-6-16(7-9)10-8(2)14-15-12(18)13-10/h9H,3-7H2,1-2H3,(H,13,15,18). The Bertz CT molecular complexity index is 514. The molecule has 0 spiro atoms. The van der Waals surface area contributed by atoms with Gasteiger partial charge in [-0.1, -0.05) is 0 Å². The summed E-state index contributed by atoms with van der Waals surface area (Å²) in [7, 11) is 0. The average molecular weight is 266 g/mol. The van der Waals surface area contributed by atoms with E-state index in [1.807, 2.05) is 4.90 Å². The fraction of sp³-hybridized carbons (Fsp3) is 0.667. The number of hydrogen-bond donors (Lipinski definition) is 1. The van der Waals surface area contributed by atoms with Crippen LogP contribution in [0.2, 0.25) is 0 Å². The number of aryl methyl sites for hydroxylation is 1. The molecule has 1 fully saturated rings. The van der Waals surface area contributed by atoms with Crippen LogP contribution in [0.5, 0.6) is 0 Å². The van der Waals surface area contributed by atoms with Crippen LogP contribution in [0.4, 0.5) is 5.82 Å². The zero-order chi connectivity index (χ0) is 13.8. The van der Waals surface area contributed by atoms with Crippen LogP contribution in [0.1, 0.15) is 25.5 Å². The van der Waals surface area contributed by atoms with Crippen LogP contribution in [-0.2, 0) is 9.53 Å². The van der Waals surface area contributed by atoms with Gasteiger partial charge >= 0.3 is 11.7 Å². The Kier molecular flexibility index (Phi) is 4.13. The van der Waals surface area contributed by atoms with Gasteiger partial charge in [-0.15, -0.1) is 0 Å². The first-order chi connectivity index (χ1) is 9.11. The van der Waals surface area contributed by atoms with E-state index in [9.17, 15) is 9.59 Å². The maximum atomic E-state index is 11.8. The van der Waals surface area contributed by atoms with Gasteiger partial charge in [0.25, 0.3) is 0 Å². The van der Waals surface area contributed by atoms with Gasteiger partial charge in [0.1, 0.15) is 5.69 Å². The third-order valence-electron chi connectivity index (χ3n) is 3.19. The molecule has 1 saturated heterocycles. The molecule has 1 aromatic rings. The summed E-state index contributed by atoms with van der Waals surface area (Å²) in [4.78, 5) is 28.9. The number of H-pyrrole nitrogens is 1. The number of hydrogen-bond acceptors (Lipinski definition) is 6. The highest BCUT2D eigenvalue weighted by Crippen LogP contribution is 2.23. The molecule has 1 unspecified atom stereocenters. The lowest BCUT2D eigenvalue weighted by atomic mass is 9.98. The summed E-state index contributed by atoms with van der Waals surface area (Å²) in [5.74, 6) is 0.217. The molecular weight excluding hydrogens is 248 g/mol. The number of anilines is 1. The first-order valence-corrected chi connectivity index (χ1v) is 6.46. The topological polar surface area (TPSA) is 88.2 Å². The minimum atomic E-state index is -0.473. The Hall–Kier alpha value is -1.92. The minimum absolute atomic E-state index is 0.158. The van der Waals surface area contributed by atoms with Crippen molar-refractivity contribution in [2.75, 3.05) is 24.6 Å². The summed E-state index contributed by atoms with van der Waals surface area (Å²) in [6.07, 6.45) is 1.68. The molecule has 0 amide bonds. The molecule has 7 nitrogen and oxygen atoms in total. The lowest BCUT2D eigenvalue weighted by molar-refractivity contribution is -0.148. The lowest BCUT2D eigenvalue weighted by Crippen LogP contribution is -2.41. The van der Waals surface area contributed by atoms with Crippen LogP contribution in [-0.4, -0.2) is 40.8 Å². The van der Waals surface area contributed by atoms with Gasteiger partial charge in [-0.2, -0.15) is 10.1 Å². The van der Waals surface area contributed by atoms with Gasteiger partial charge in [0.2, 0.25) is 0 Å². The third-order valence-corrected chi connectivity index (χ3v) is 3.19. The van der Waals surface area contributed by atoms with Crippen molar-refractivity contribution in [3.63, 3.8) is 0 Å². The number of aromatic amines is 1. The molecule has 1 aliphatic rings. The molecule has 1 N–H and O–H groups in total. The Morgan fingerprint density at radius 3 is 3.11 bits per heavy atom. The van der Waals surface area contributed by atoms with Gasteiger partial charge in [0.15, 0.2) is 5.82 Å². The number of nitrogens with one attached hydrogen (secondary N) is 1. The molecule has 104 valence electrons. The normalized spacial score (nSPS) is 19.3. The lowest BCUT2D eigenvalue weighted by Gasteiger charge is -2.32. The number of esters is 1. The maximum Gasteiger partial charge on any atom is 0.363 e. The molecule has 0 saturated carbocycles. The maximum absolute atomic E-state index is 11.8. The second kappa shape index (κ2) is 5.81. The van der Waals surface area contributed by atoms with Crippen LogP contribution >= 0.6 is 0 Å². The minimum Gasteiger partial charge on any atom is -0.466 e. The summed E-state index contributed by atoms with van der Waals surface area (Å²) in [5, 5.41) is 6.20. The van der Waals surface area contributed by atoms with Crippen molar-refractivity contribution in [2.45, 2.75) is 26.7 Å². The Labute approximate surface area is 111 Å².